The summed E-state index contributed by atoms with van der Waals surface area (Å²) in [5.41, 5.74) is 1.22. The second-order valence-electron chi connectivity index (χ2n) is 6.55. The van der Waals surface area contributed by atoms with Gasteiger partial charge < -0.3 is 15.0 Å². The van der Waals surface area contributed by atoms with E-state index in [1.54, 1.807) is 7.11 Å². The molecule has 6 heteroatoms. The number of nitrogens with zero attached hydrogens (tertiary/aromatic N) is 2. The Bertz CT molecular complexity index is 540. The predicted octanol–water partition coefficient (Wildman–Crippen LogP) is 1.38. The second-order valence-corrected chi connectivity index (χ2v) is 6.55. The second kappa shape index (κ2) is 7.85. The molecule has 6 nitrogen and oxygen atoms in total. The van der Waals surface area contributed by atoms with Crippen molar-refractivity contribution < 1.29 is 9.53 Å². The molecule has 0 spiro atoms. The zero-order valence-electron chi connectivity index (χ0n) is 14.6. The summed E-state index contributed by atoms with van der Waals surface area (Å²) in [4.78, 5) is 16.7. The van der Waals surface area contributed by atoms with Gasteiger partial charge in [0.25, 0.3) is 0 Å². The molecule has 1 amide bonds. The van der Waals surface area contributed by atoms with E-state index in [9.17, 15) is 4.79 Å². The Morgan fingerprint density at radius 3 is 2.50 bits per heavy atom. The third kappa shape index (κ3) is 3.99. The lowest BCUT2D eigenvalue weighted by Crippen LogP contribution is -2.66. The summed E-state index contributed by atoms with van der Waals surface area (Å²) in [6.07, 6.45) is 2.72. The Morgan fingerprint density at radius 2 is 1.88 bits per heavy atom. The molecule has 1 aromatic carbocycles. The van der Waals surface area contributed by atoms with Crippen molar-refractivity contribution in [2.24, 2.45) is 0 Å². The van der Waals surface area contributed by atoms with E-state index >= 15 is 0 Å². The van der Waals surface area contributed by atoms with E-state index < -0.39 is 0 Å². The van der Waals surface area contributed by atoms with E-state index in [2.05, 4.69) is 39.5 Å². The highest BCUT2D eigenvalue weighted by Crippen LogP contribution is 2.21. The van der Waals surface area contributed by atoms with Gasteiger partial charge in [-0.1, -0.05) is 13.3 Å². The third-order valence-electron chi connectivity index (χ3n) is 4.88. The number of piperazine rings is 1. The van der Waals surface area contributed by atoms with Crippen LogP contribution >= 0.6 is 0 Å². The van der Waals surface area contributed by atoms with Gasteiger partial charge in [0.2, 0.25) is 5.91 Å². The van der Waals surface area contributed by atoms with Gasteiger partial charge in [0, 0.05) is 44.3 Å². The minimum atomic E-state index is -0.0270. The van der Waals surface area contributed by atoms with Gasteiger partial charge in [-0.3, -0.25) is 15.0 Å². The Kier molecular flexibility index (Phi) is 5.58. The van der Waals surface area contributed by atoms with Gasteiger partial charge in [-0.25, -0.2) is 0 Å². The number of benzene rings is 1. The first kappa shape index (κ1) is 17.0. The van der Waals surface area contributed by atoms with E-state index in [-0.39, 0.29) is 12.2 Å². The van der Waals surface area contributed by atoms with Crippen LogP contribution in [0.15, 0.2) is 24.3 Å². The number of anilines is 1. The molecule has 0 aliphatic carbocycles. The van der Waals surface area contributed by atoms with Crippen LogP contribution in [0.4, 0.5) is 5.69 Å². The molecule has 0 saturated carbocycles. The number of methoxy groups -OCH3 is 1. The molecule has 3 rings (SSSR count). The van der Waals surface area contributed by atoms with E-state index in [4.69, 9.17) is 4.74 Å². The normalized spacial score (nSPS) is 25.4. The summed E-state index contributed by atoms with van der Waals surface area (Å²) in [5.74, 6) is 1.04. The molecule has 1 aromatic rings. The Labute approximate surface area is 144 Å². The van der Waals surface area contributed by atoms with Crippen LogP contribution in [0, 0.1) is 0 Å². The molecule has 0 radical (unpaired) electrons. The number of nitrogens with one attached hydrogen (secondary N) is 2. The maximum Gasteiger partial charge on any atom is 0.223 e. The van der Waals surface area contributed by atoms with Crippen LogP contribution in [0.1, 0.15) is 26.2 Å². The van der Waals surface area contributed by atoms with Gasteiger partial charge in [0.15, 0.2) is 0 Å². The van der Waals surface area contributed by atoms with E-state index in [1.165, 1.54) is 5.69 Å². The minimum Gasteiger partial charge on any atom is -0.497 e. The topological polar surface area (TPSA) is 56.8 Å². The molecule has 2 unspecified atom stereocenters. The van der Waals surface area contributed by atoms with Gasteiger partial charge in [-0.15, -0.1) is 0 Å². The first-order chi connectivity index (χ1) is 11.7. The average Bonchev–Trinajstić information content (AvgIpc) is 2.62. The number of carbonyl (C=O) groups excluding carboxylic acids is 1. The molecule has 2 atom stereocenters. The fourth-order valence-electron chi connectivity index (χ4n) is 3.52. The molecule has 2 heterocycles. The van der Waals surface area contributed by atoms with Crippen molar-refractivity contribution in [3.8, 4) is 5.75 Å². The lowest BCUT2D eigenvalue weighted by Gasteiger charge is -2.43. The van der Waals surface area contributed by atoms with Crippen LogP contribution in [0.3, 0.4) is 0 Å². The standard InChI is InChI=1S/C18H28N4O2/c1-3-4-14-13-17(23)20-18(19-14)22-11-9-21(10-12-22)15-5-7-16(24-2)8-6-15/h5-8,14,18-19H,3-4,9-13H2,1-2H3,(H,20,23). The molecule has 0 aromatic heterocycles. The molecule has 24 heavy (non-hydrogen) atoms. The number of amides is 1. The molecule has 2 fully saturated rings. The largest absolute Gasteiger partial charge is 0.497 e. The summed E-state index contributed by atoms with van der Waals surface area (Å²) < 4.78 is 5.22. The molecular formula is C18H28N4O2. The third-order valence-corrected chi connectivity index (χ3v) is 4.88. The van der Waals surface area contributed by atoms with Crippen LogP contribution in [-0.2, 0) is 4.79 Å². The van der Waals surface area contributed by atoms with Crippen molar-refractivity contribution in [2.45, 2.75) is 38.5 Å². The summed E-state index contributed by atoms with van der Waals surface area (Å²) in [6.45, 7) is 5.94. The fraction of sp³-hybridized carbons (Fsp3) is 0.611. The van der Waals surface area contributed by atoms with Crippen LogP contribution < -0.4 is 20.3 Å². The first-order valence-corrected chi connectivity index (χ1v) is 8.88. The number of hydrogen-bond donors (Lipinski definition) is 2. The first-order valence-electron chi connectivity index (χ1n) is 8.88. The van der Waals surface area contributed by atoms with Crippen LogP contribution in [0.25, 0.3) is 0 Å². The fourth-order valence-corrected chi connectivity index (χ4v) is 3.52. The van der Waals surface area contributed by atoms with Crippen molar-refractivity contribution in [3.05, 3.63) is 24.3 Å². The van der Waals surface area contributed by atoms with E-state index in [1.807, 2.05) is 12.1 Å². The smallest absolute Gasteiger partial charge is 0.223 e. The average molecular weight is 332 g/mol. The molecule has 0 bridgehead atoms. The number of carbonyl (C=O) groups is 1. The Balaban J connectivity index is 1.55. The van der Waals surface area contributed by atoms with E-state index in [0.29, 0.717) is 12.5 Å². The zero-order chi connectivity index (χ0) is 16.9. The minimum absolute atomic E-state index is 0.0270. The quantitative estimate of drug-likeness (QED) is 0.853. The van der Waals surface area contributed by atoms with Crippen LogP contribution in [0.2, 0.25) is 0 Å². The van der Waals surface area contributed by atoms with Crippen molar-refractivity contribution in [2.75, 3.05) is 38.2 Å². The molecule has 2 saturated heterocycles. The summed E-state index contributed by atoms with van der Waals surface area (Å²) in [6, 6.07) is 8.51. The zero-order valence-corrected chi connectivity index (χ0v) is 14.6. The molecule has 2 aliphatic rings. The van der Waals surface area contributed by atoms with Gasteiger partial charge in [-0.05, 0) is 30.7 Å². The lowest BCUT2D eigenvalue weighted by molar-refractivity contribution is -0.127. The van der Waals surface area contributed by atoms with Crippen LogP contribution in [0.5, 0.6) is 5.75 Å². The van der Waals surface area contributed by atoms with Crippen molar-refractivity contribution >= 4 is 11.6 Å². The van der Waals surface area contributed by atoms with Crippen molar-refractivity contribution in [1.82, 2.24) is 15.5 Å². The van der Waals surface area contributed by atoms with Gasteiger partial charge in [0.1, 0.15) is 12.0 Å². The van der Waals surface area contributed by atoms with Crippen molar-refractivity contribution in [3.63, 3.8) is 0 Å². The summed E-state index contributed by atoms with van der Waals surface area (Å²) in [7, 11) is 1.69. The number of ether oxygens (including phenoxy) is 1. The highest BCUT2D eigenvalue weighted by atomic mass is 16.5. The van der Waals surface area contributed by atoms with Crippen molar-refractivity contribution in [1.29, 1.82) is 0 Å². The lowest BCUT2D eigenvalue weighted by atomic mass is 10.1. The van der Waals surface area contributed by atoms with Gasteiger partial charge in [0.05, 0.1) is 7.11 Å². The van der Waals surface area contributed by atoms with Crippen LogP contribution in [-0.4, -0.2) is 56.4 Å². The number of rotatable bonds is 5. The molecular weight excluding hydrogens is 304 g/mol. The Morgan fingerprint density at radius 1 is 1.17 bits per heavy atom. The molecule has 2 N–H and O–H groups in total. The summed E-state index contributed by atoms with van der Waals surface area (Å²) in [5, 5.41) is 6.67. The highest BCUT2D eigenvalue weighted by molar-refractivity contribution is 5.77. The Hall–Kier alpha value is -1.79. The monoisotopic (exact) mass is 332 g/mol. The predicted molar refractivity (Wildman–Crippen MR) is 95.2 cm³/mol. The SMILES string of the molecule is CCCC1CC(=O)NC(N2CCN(c3ccc(OC)cc3)CC2)N1. The molecule has 2 aliphatic heterocycles. The van der Waals surface area contributed by atoms with Gasteiger partial charge in [-0.2, -0.15) is 0 Å². The number of hydrogen-bond acceptors (Lipinski definition) is 5. The van der Waals surface area contributed by atoms with Gasteiger partial charge >= 0.3 is 0 Å². The highest BCUT2D eigenvalue weighted by Gasteiger charge is 2.31. The van der Waals surface area contributed by atoms with E-state index in [0.717, 1.165) is 44.8 Å². The summed E-state index contributed by atoms with van der Waals surface area (Å²) >= 11 is 0. The maximum atomic E-state index is 11.9. The molecule has 132 valence electrons. The maximum absolute atomic E-state index is 11.9.